The Kier molecular flexibility index (Phi) is 5.53. The summed E-state index contributed by atoms with van der Waals surface area (Å²) in [5.74, 6) is 0.648. The maximum atomic E-state index is 5.71. The molecule has 0 aliphatic carbocycles. The molecule has 1 aromatic carbocycles. The highest BCUT2D eigenvalue weighted by Crippen LogP contribution is 2.11. The van der Waals surface area contributed by atoms with E-state index in [4.69, 9.17) is 10.5 Å². The van der Waals surface area contributed by atoms with Crippen LogP contribution < -0.4 is 10.5 Å². The van der Waals surface area contributed by atoms with Gasteiger partial charge >= 0.3 is 0 Å². The number of hydrogen-bond donors (Lipinski definition) is 1. The first-order valence-electron chi connectivity index (χ1n) is 6.78. The molecule has 4 heteroatoms. The van der Waals surface area contributed by atoms with Crippen molar-refractivity contribution in [1.29, 1.82) is 0 Å². The Morgan fingerprint density at radius 2 is 1.85 bits per heavy atom. The Hall–Kier alpha value is -1.91. The quantitative estimate of drug-likeness (QED) is 0.837. The maximum Gasteiger partial charge on any atom is 0.213 e. The Labute approximate surface area is 120 Å². The van der Waals surface area contributed by atoms with Gasteiger partial charge in [-0.05, 0) is 11.6 Å². The largest absolute Gasteiger partial charge is 0.481 e. The molecule has 106 valence electrons. The Balaban J connectivity index is 2.04. The lowest BCUT2D eigenvalue weighted by Crippen LogP contribution is -2.29. The molecular formula is C16H21N3O. The summed E-state index contributed by atoms with van der Waals surface area (Å²) in [6, 6.07) is 16.2. The molecule has 0 unspecified atom stereocenters. The molecule has 0 radical (unpaired) electrons. The minimum absolute atomic E-state index is 0.636. The topological polar surface area (TPSA) is 51.4 Å². The number of methoxy groups -OCH3 is 1. The molecule has 0 aliphatic heterocycles. The number of pyridine rings is 1. The van der Waals surface area contributed by atoms with Gasteiger partial charge in [0.15, 0.2) is 0 Å². The normalized spacial score (nSPS) is 10.8. The smallest absolute Gasteiger partial charge is 0.213 e. The zero-order valence-corrected chi connectivity index (χ0v) is 11.8. The highest BCUT2D eigenvalue weighted by molar-refractivity contribution is 5.17. The van der Waals surface area contributed by atoms with Crippen molar-refractivity contribution in [2.45, 2.75) is 13.1 Å². The van der Waals surface area contributed by atoms with E-state index in [0.717, 1.165) is 25.3 Å². The third kappa shape index (κ3) is 4.33. The summed E-state index contributed by atoms with van der Waals surface area (Å²) in [4.78, 5) is 6.74. The number of rotatable bonds is 7. The fraction of sp³-hybridized carbons (Fsp3) is 0.312. The predicted molar refractivity (Wildman–Crippen MR) is 80.4 cm³/mol. The number of aromatic nitrogens is 1. The van der Waals surface area contributed by atoms with Crippen LogP contribution in [0, 0.1) is 0 Å². The molecule has 2 N–H and O–H groups in total. The summed E-state index contributed by atoms with van der Waals surface area (Å²) < 4.78 is 5.16. The second-order valence-corrected chi connectivity index (χ2v) is 4.66. The Morgan fingerprint density at radius 1 is 1.05 bits per heavy atom. The van der Waals surface area contributed by atoms with Crippen molar-refractivity contribution in [3.63, 3.8) is 0 Å². The van der Waals surface area contributed by atoms with E-state index in [-0.39, 0.29) is 0 Å². The van der Waals surface area contributed by atoms with E-state index >= 15 is 0 Å². The molecule has 1 aromatic heterocycles. The molecule has 0 spiro atoms. The van der Waals surface area contributed by atoms with Crippen LogP contribution in [0.2, 0.25) is 0 Å². The minimum Gasteiger partial charge on any atom is -0.481 e. The van der Waals surface area contributed by atoms with Gasteiger partial charge < -0.3 is 10.5 Å². The summed E-state index contributed by atoms with van der Waals surface area (Å²) in [7, 11) is 1.63. The van der Waals surface area contributed by atoms with E-state index in [9.17, 15) is 0 Å². The van der Waals surface area contributed by atoms with Gasteiger partial charge in [0.1, 0.15) is 0 Å². The second kappa shape index (κ2) is 7.62. The van der Waals surface area contributed by atoms with E-state index in [1.165, 1.54) is 5.56 Å². The average molecular weight is 271 g/mol. The van der Waals surface area contributed by atoms with Crippen molar-refractivity contribution < 1.29 is 4.74 Å². The van der Waals surface area contributed by atoms with E-state index < -0.39 is 0 Å². The second-order valence-electron chi connectivity index (χ2n) is 4.66. The standard InChI is InChI=1S/C16H21N3O/c1-20-16-9-5-8-15(18-16)13-19(11-10-17)12-14-6-3-2-4-7-14/h2-9H,10-13,17H2,1H3. The van der Waals surface area contributed by atoms with Gasteiger partial charge in [-0.15, -0.1) is 0 Å². The van der Waals surface area contributed by atoms with Crippen molar-refractivity contribution in [3.8, 4) is 5.88 Å². The number of benzene rings is 1. The molecule has 0 atom stereocenters. The molecule has 0 fully saturated rings. The SMILES string of the molecule is COc1cccc(CN(CCN)Cc2ccccc2)n1. The maximum absolute atomic E-state index is 5.71. The molecule has 0 amide bonds. The zero-order chi connectivity index (χ0) is 14.2. The summed E-state index contributed by atoms with van der Waals surface area (Å²) in [6.07, 6.45) is 0. The van der Waals surface area contributed by atoms with E-state index in [2.05, 4.69) is 34.1 Å². The van der Waals surface area contributed by atoms with Gasteiger partial charge in [-0.2, -0.15) is 0 Å². The van der Waals surface area contributed by atoms with Gasteiger partial charge in [0.25, 0.3) is 0 Å². The lowest BCUT2D eigenvalue weighted by Gasteiger charge is -2.21. The fourth-order valence-corrected chi connectivity index (χ4v) is 2.13. The van der Waals surface area contributed by atoms with Crippen molar-refractivity contribution in [1.82, 2.24) is 9.88 Å². The highest BCUT2D eigenvalue weighted by atomic mass is 16.5. The zero-order valence-electron chi connectivity index (χ0n) is 11.8. The Bertz CT molecular complexity index is 516. The van der Waals surface area contributed by atoms with Crippen LogP contribution in [0.1, 0.15) is 11.3 Å². The number of nitrogens with two attached hydrogens (primary N) is 1. The third-order valence-electron chi connectivity index (χ3n) is 3.07. The minimum atomic E-state index is 0.636. The van der Waals surface area contributed by atoms with Crippen LogP contribution in [-0.4, -0.2) is 30.1 Å². The van der Waals surface area contributed by atoms with Crippen LogP contribution in [0.25, 0.3) is 0 Å². The molecule has 1 heterocycles. The average Bonchev–Trinajstić information content (AvgIpc) is 2.49. The molecular weight excluding hydrogens is 250 g/mol. The van der Waals surface area contributed by atoms with Crippen molar-refractivity contribution in [3.05, 3.63) is 59.8 Å². The molecule has 0 aliphatic rings. The van der Waals surface area contributed by atoms with Gasteiger partial charge in [0.2, 0.25) is 5.88 Å². The molecule has 0 saturated heterocycles. The Morgan fingerprint density at radius 3 is 2.55 bits per heavy atom. The molecule has 2 rings (SSSR count). The first-order chi connectivity index (χ1) is 9.81. The van der Waals surface area contributed by atoms with Crippen LogP contribution in [0.5, 0.6) is 5.88 Å². The van der Waals surface area contributed by atoms with E-state index in [1.807, 2.05) is 24.3 Å². The third-order valence-corrected chi connectivity index (χ3v) is 3.07. The number of ether oxygens (including phenoxy) is 1. The van der Waals surface area contributed by atoms with E-state index in [1.54, 1.807) is 7.11 Å². The lowest BCUT2D eigenvalue weighted by molar-refractivity contribution is 0.260. The van der Waals surface area contributed by atoms with Crippen LogP contribution in [-0.2, 0) is 13.1 Å². The van der Waals surface area contributed by atoms with Crippen LogP contribution in [0.4, 0.5) is 0 Å². The first-order valence-corrected chi connectivity index (χ1v) is 6.78. The van der Waals surface area contributed by atoms with Gasteiger partial charge in [0, 0.05) is 32.2 Å². The van der Waals surface area contributed by atoms with Crippen molar-refractivity contribution in [2.75, 3.05) is 20.2 Å². The molecule has 0 saturated carbocycles. The summed E-state index contributed by atoms with van der Waals surface area (Å²) in [5, 5.41) is 0. The van der Waals surface area contributed by atoms with Crippen molar-refractivity contribution >= 4 is 0 Å². The highest BCUT2D eigenvalue weighted by Gasteiger charge is 2.07. The van der Waals surface area contributed by atoms with Crippen LogP contribution in [0.15, 0.2) is 48.5 Å². The molecule has 2 aromatic rings. The first kappa shape index (κ1) is 14.5. The van der Waals surface area contributed by atoms with Gasteiger partial charge in [-0.25, -0.2) is 4.98 Å². The van der Waals surface area contributed by atoms with Crippen LogP contribution in [0.3, 0.4) is 0 Å². The molecule has 20 heavy (non-hydrogen) atoms. The number of hydrogen-bond acceptors (Lipinski definition) is 4. The van der Waals surface area contributed by atoms with E-state index in [0.29, 0.717) is 12.4 Å². The summed E-state index contributed by atoms with van der Waals surface area (Å²) >= 11 is 0. The summed E-state index contributed by atoms with van der Waals surface area (Å²) in [6.45, 7) is 3.12. The molecule has 0 bridgehead atoms. The molecule has 4 nitrogen and oxygen atoms in total. The lowest BCUT2D eigenvalue weighted by atomic mass is 10.2. The fourth-order valence-electron chi connectivity index (χ4n) is 2.13. The predicted octanol–water partition coefficient (Wildman–Crippen LogP) is 2.05. The van der Waals surface area contributed by atoms with Gasteiger partial charge in [0.05, 0.1) is 12.8 Å². The van der Waals surface area contributed by atoms with Crippen LogP contribution >= 0.6 is 0 Å². The van der Waals surface area contributed by atoms with Crippen molar-refractivity contribution in [2.24, 2.45) is 5.73 Å². The van der Waals surface area contributed by atoms with Gasteiger partial charge in [-0.3, -0.25) is 4.90 Å². The van der Waals surface area contributed by atoms with Gasteiger partial charge in [-0.1, -0.05) is 36.4 Å². The monoisotopic (exact) mass is 271 g/mol. The number of nitrogens with zero attached hydrogens (tertiary/aromatic N) is 2. The summed E-state index contributed by atoms with van der Waals surface area (Å²) in [5.41, 5.74) is 7.98.